The minimum atomic E-state index is -0.00853. The van der Waals surface area contributed by atoms with Crippen LogP contribution in [0.3, 0.4) is 0 Å². The summed E-state index contributed by atoms with van der Waals surface area (Å²) in [6.45, 7) is 4.17. The zero-order valence-corrected chi connectivity index (χ0v) is 18.5. The van der Waals surface area contributed by atoms with Crippen LogP contribution in [-0.4, -0.2) is 52.8 Å². The average molecular weight is 428 g/mol. The predicted octanol–water partition coefficient (Wildman–Crippen LogP) is 4.36. The molecule has 0 aliphatic carbocycles. The summed E-state index contributed by atoms with van der Waals surface area (Å²) >= 11 is 0. The van der Waals surface area contributed by atoms with Crippen molar-refractivity contribution in [2.45, 2.75) is 26.2 Å². The normalized spacial score (nSPS) is 13.8. The molecule has 1 aliphatic heterocycles. The van der Waals surface area contributed by atoms with Gasteiger partial charge in [0, 0.05) is 38.2 Å². The van der Waals surface area contributed by atoms with E-state index >= 15 is 0 Å². The second-order valence-electron chi connectivity index (χ2n) is 8.21. The van der Waals surface area contributed by atoms with Crippen molar-refractivity contribution in [3.8, 4) is 11.3 Å². The van der Waals surface area contributed by atoms with E-state index < -0.39 is 0 Å². The highest BCUT2D eigenvalue weighted by Crippen LogP contribution is 2.20. The van der Waals surface area contributed by atoms with Crippen LogP contribution < -0.4 is 0 Å². The first kappa shape index (κ1) is 21.8. The molecule has 4 rings (SSSR count). The molecule has 0 atom stereocenters. The number of amides is 2. The summed E-state index contributed by atoms with van der Waals surface area (Å²) in [5.74, 6) is 0.170. The number of pyridine rings is 1. The van der Waals surface area contributed by atoms with Gasteiger partial charge in [-0.1, -0.05) is 60.7 Å². The summed E-state index contributed by atoms with van der Waals surface area (Å²) in [7, 11) is 0. The Balaban J connectivity index is 1.29. The van der Waals surface area contributed by atoms with Crippen molar-refractivity contribution in [2.75, 3.05) is 26.2 Å². The molecule has 1 fully saturated rings. The molecule has 0 unspecified atom stereocenters. The van der Waals surface area contributed by atoms with Gasteiger partial charge in [-0.25, -0.2) is 0 Å². The fourth-order valence-electron chi connectivity index (χ4n) is 4.13. The van der Waals surface area contributed by atoms with E-state index in [0.29, 0.717) is 38.2 Å². The number of piperazine rings is 1. The lowest BCUT2D eigenvalue weighted by Crippen LogP contribution is -2.50. The molecule has 0 radical (unpaired) electrons. The van der Waals surface area contributed by atoms with E-state index in [1.165, 1.54) is 5.56 Å². The molecule has 5 nitrogen and oxygen atoms in total. The number of aromatic nitrogens is 1. The third-order valence-corrected chi connectivity index (χ3v) is 6.00. The lowest BCUT2D eigenvalue weighted by molar-refractivity contribution is -0.132. The Morgan fingerprint density at radius 2 is 1.44 bits per heavy atom. The molecule has 2 amide bonds. The van der Waals surface area contributed by atoms with Crippen LogP contribution in [-0.2, 0) is 11.2 Å². The van der Waals surface area contributed by atoms with Gasteiger partial charge in [-0.15, -0.1) is 0 Å². The largest absolute Gasteiger partial charge is 0.339 e. The van der Waals surface area contributed by atoms with E-state index in [4.69, 9.17) is 0 Å². The first-order valence-electron chi connectivity index (χ1n) is 11.3. The van der Waals surface area contributed by atoms with Gasteiger partial charge < -0.3 is 9.80 Å². The van der Waals surface area contributed by atoms with Gasteiger partial charge in [0.05, 0.1) is 17.0 Å². The van der Waals surface area contributed by atoms with Crippen molar-refractivity contribution in [1.29, 1.82) is 0 Å². The van der Waals surface area contributed by atoms with Crippen molar-refractivity contribution in [3.63, 3.8) is 0 Å². The SMILES string of the molecule is Cc1nc(-c2ccccc2)ccc1C(=O)N1CCN(C(=O)CCCc2ccccc2)CC1. The van der Waals surface area contributed by atoms with E-state index in [2.05, 4.69) is 17.1 Å². The minimum absolute atomic E-state index is 0.00853. The first-order chi connectivity index (χ1) is 15.6. The number of hydrogen-bond donors (Lipinski definition) is 0. The Hall–Kier alpha value is -3.47. The highest BCUT2D eigenvalue weighted by atomic mass is 16.2. The highest BCUT2D eigenvalue weighted by Gasteiger charge is 2.25. The number of hydrogen-bond acceptors (Lipinski definition) is 3. The first-order valence-corrected chi connectivity index (χ1v) is 11.3. The lowest BCUT2D eigenvalue weighted by atomic mass is 10.1. The Morgan fingerprint density at radius 3 is 2.09 bits per heavy atom. The quantitative estimate of drug-likeness (QED) is 0.587. The Labute approximate surface area is 189 Å². The Kier molecular flexibility index (Phi) is 6.95. The molecule has 32 heavy (non-hydrogen) atoms. The van der Waals surface area contributed by atoms with Crippen LogP contribution in [0.5, 0.6) is 0 Å². The molecule has 0 saturated carbocycles. The number of carbonyl (C=O) groups excluding carboxylic acids is 2. The molecular formula is C27H29N3O2. The topological polar surface area (TPSA) is 53.5 Å². The number of carbonyl (C=O) groups is 2. The fourth-order valence-corrected chi connectivity index (χ4v) is 4.13. The van der Waals surface area contributed by atoms with E-state index in [9.17, 15) is 9.59 Å². The molecule has 164 valence electrons. The van der Waals surface area contributed by atoms with Crippen LogP contribution in [0.1, 0.15) is 34.5 Å². The van der Waals surface area contributed by atoms with E-state index in [-0.39, 0.29) is 11.8 Å². The maximum atomic E-state index is 13.1. The lowest BCUT2D eigenvalue weighted by Gasteiger charge is -2.35. The molecule has 1 aromatic heterocycles. The molecule has 5 heteroatoms. The van der Waals surface area contributed by atoms with Gasteiger partial charge in [0.15, 0.2) is 0 Å². The van der Waals surface area contributed by atoms with Gasteiger partial charge in [0.2, 0.25) is 5.91 Å². The zero-order chi connectivity index (χ0) is 22.3. The molecule has 0 spiro atoms. The van der Waals surface area contributed by atoms with Gasteiger partial charge in [-0.05, 0) is 37.5 Å². The van der Waals surface area contributed by atoms with E-state index in [1.54, 1.807) is 0 Å². The van der Waals surface area contributed by atoms with E-state index in [1.807, 2.05) is 77.4 Å². The van der Waals surface area contributed by atoms with E-state index in [0.717, 1.165) is 29.8 Å². The fraction of sp³-hybridized carbons (Fsp3) is 0.296. The summed E-state index contributed by atoms with van der Waals surface area (Å²) in [6, 6.07) is 24.0. The molecule has 2 aromatic carbocycles. The van der Waals surface area contributed by atoms with Gasteiger partial charge >= 0.3 is 0 Å². The maximum Gasteiger partial charge on any atom is 0.255 e. The van der Waals surface area contributed by atoms with Gasteiger partial charge in [-0.3, -0.25) is 14.6 Å². The number of aryl methyl sites for hydroxylation is 2. The molecule has 2 heterocycles. The summed E-state index contributed by atoms with van der Waals surface area (Å²) in [5, 5.41) is 0. The second-order valence-corrected chi connectivity index (χ2v) is 8.21. The number of benzene rings is 2. The van der Waals surface area contributed by atoms with Crippen LogP contribution in [0.25, 0.3) is 11.3 Å². The van der Waals surface area contributed by atoms with Crippen molar-refractivity contribution >= 4 is 11.8 Å². The van der Waals surface area contributed by atoms with Crippen molar-refractivity contribution in [3.05, 3.63) is 89.6 Å². The minimum Gasteiger partial charge on any atom is -0.339 e. The smallest absolute Gasteiger partial charge is 0.255 e. The summed E-state index contributed by atoms with van der Waals surface area (Å²) < 4.78 is 0. The number of nitrogens with zero attached hydrogens (tertiary/aromatic N) is 3. The standard InChI is InChI=1S/C27H29N3O2/c1-21-24(15-16-25(28-21)23-12-6-3-7-13-23)27(32)30-19-17-29(18-20-30)26(31)14-8-11-22-9-4-2-5-10-22/h2-7,9-10,12-13,15-16H,8,11,14,17-20H2,1H3. The Bertz CT molecular complexity index is 1060. The van der Waals surface area contributed by atoms with Crippen LogP contribution in [0.15, 0.2) is 72.8 Å². The third-order valence-electron chi connectivity index (χ3n) is 6.00. The van der Waals surface area contributed by atoms with Crippen LogP contribution in [0.4, 0.5) is 0 Å². The molecule has 1 saturated heterocycles. The molecule has 3 aromatic rings. The van der Waals surface area contributed by atoms with Crippen molar-refractivity contribution in [2.24, 2.45) is 0 Å². The summed E-state index contributed by atoms with van der Waals surface area (Å²) in [5.41, 5.74) is 4.53. The number of rotatable bonds is 6. The monoisotopic (exact) mass is 427 g/mol. The maximum absolute atomic E-state index is 13.1. The predicted molar refractivity (Wildman–Crippen MR) is 126 cm³/mol. The van der Waals surface area contributed by atoms with Crippen molar-refractivity contribution in [1.82, 2.24) is 14.8 Å². The average Bonchev–Trinajstić information content (AvgIpc) is 2.85. The Morgan fingerprint density at radius 1 is 0.812 bits per heavy atom. The van der Waals surface area contributed by atoms with Crippen LogP contribution in [0.2, 0.25) is 0 Å². The second kappa shape index (κ2) is 10.2. The molecule has 1 aliphatic rings. The highest BCUT2D eigenvalue weighted by molar-refractivity contribution is 5.95. The third kappa shape index (κ3) is 5.22. The van der Waals surface area contributed by atoms with Gasteiger partial charge in [-0.2, -0.15) is 0 Å². The molecular weight excluding hydrogens is 398 g/mol. The van der Waals surface area contributed by atoms with Crippen LogP contribution >= 0.6 is 0 Å². The van der Waals surface area contributed by atoms with Gasteiger partial charge in [0.25, 0.3) is 5.91 Å². The van der Waals surface area contributed by atoms with Crippen molar-refractivity contribution < 1.29 is 9.59 Å². The van der Waals surface area contributed by atoms with Crippen LogP contribution in [0, 0.1) is 6.92 Å². The molecule has 0 N–H and O–H groups in total. The summed E-state index contributed by atoms with van der Waals surface area (Å²) in [4.78, 5) is 34.0. The molecule has 0 bridgehead atoms. The summed E-state index contributed by atoms with van der Waals surface area (Å²) in [6.07, 6.45) is 2.31. The zero-order valence-electron chi connectivity index (χ0n) is 18.5. The van der Waals surface area contributed by atoms with Gasteiger partial charge in [0.1, 0.15) is 0 Å².